The molecule has 0 spiro atoms. The van der Waals surface area contributed by atoms with E-state index in [-0.39, 0.29) is 0 Å². The van der Waals surface area contributed by atoms with Crippen molar-refractivity contribution in [1.82, 2.24) is 19.7 Å². The van der Waals surface area contributed by atoms with Crippen LogP contribution in [-0.4, -0.2) is 19.7 Å². The molecule has 0 aliphatic rings. The quantitative estimate of drug-likeness (QED) is 0.675. The first kappa shape index (κ1) is 12.8. The van der Waals surface area contributed by atoms with Gasteiger partial charge in [-0.3, -0.25) is 4.68 Å². The smallest absolute Gasteiger partial charge is 0.153 e. The highest BCUT2D eigenvalue weighted by Crippen LogP contribution is 2.32. The Bertz CT molecular complexity index is 763. The molecule has 0 N–H and O–H groups in total. The highest BCUT2D eigenvalue weighted by molar-refractivity contribution is 7.18. The van der Waals surface area contributed by atoms with E-state index in [1.807, 2.05) is 6.92 Å². The van der Waals surface area contributed by atoms with E-state index in [0.29, 0.717) is 22.5 Å². The first-order chi connectivity index (χ1) is 9.04. The molecule has 0 bridgehead atoms. The normalized spacial score (nSPS) is 11.4. The third-order valence-corrected chi connectivity index (χ3v) is 4.51. The van der Waals surface area contributed by atoms with E-state index in [0.717, 1.165) is 15.8 Å². The molecule has 0 saturated carbocycles. The predicted molar refractivity (Wildman–Crippen MR) is 78.2 cm³/mol. The SMILES string of the molecule is Cc1sc2nc(Cn3cc(Cl)cn3)nc(Cl)c2c1C. The minimum Gasteiger partial charge on any atom is -0.264 e. The minimum absolute atomic E-state index is 0.457. The standard InChI is InChI=1S/C12H10Cl2N4S/c1-6-7(2)19-12-10(6)11(14)16-9(17-12)5-18-4-8(13)3-15-18/h3-4H,5H2,1-2H3. The summed E-state index contributed by atoms with van der Waals surface area (Å²) in [6.07, 6.45) is 3.31. The Kier molecular flexibility index (Phi) is 3.20. The van der Waals surface area contributed by atoms with Gasteiger partial charge < -0.3 is 0 Å². The fourth-order valence-electron chi connectivity index (χ4n) is 1.88. The lowest BCUT2D eigenvalue weighted by Gasteiger charge is -2.02. The van der Waals surface area contributed by atoms with Gasteiger partial charge in [0, 0.05) is 11.1 Å². The molecule has 0 aliphatic carbocycles. The lowest BCUT2D eigenvalue weighted by molar-refractivity contribution is 0.658. The van der Waals surface area contributed by atoms with Gasteiger partial charge in [-0.1, -0.05) is 23.2 Å². The maximum Gasteiger partial charge on any atom is 0.153 e. The molecular formula is C12H10Cl2N4S. The van der Waals surface area contributed by atoms with E-state index in [1.54, 1.807) is 28.4 Å². The average molecular weight is 313 g/mol. The van der Waals surface area contributed by atoms with Crippen molar-refractivity contribution in [2.45, 2.75) is 20.4 Å². The largest absolute Gasteiger partial charge is 0.264 e. The Morgan fingerprint density at radius 1 is 1.26 bits per heavy atom. The third kappa shape index (κ3) is 2.33. The van der Waals surface area contributed by atoms with E-state index in [2.05, 4.69) is 22.0 Å². The summed E-state index contributed by atoms with van der Waals surface area (Å²) in [4.78, 5) is 11.0. The van der Waals surface area contributed by atoms with Crippen molar-refractivity contribution in [3.8, 4) is 0 Å². The maximum absolute atomic E-state index is 6.25. The minimum atomic E-state index is 0.457. The molecule has 0 saturated heterocycles. The van der Waals surface area contributed by atoms with Crippen LogP contribution in [0.15, 0.2) is 12.4 Å². The summed E-state index contributed by atoms with van der Waals surface area (Å²) in [5.74, 6) is 0.638. The zero-order valence-electron chi connectivity index (χ0n) is 10.3. The first-order valence-corrected chi connectivity index (χ1v) is 7.22. The van der Waals surface area contributed by atoms with Crippen LogP contribution in [0.4, 0.5) is 0 Å². The molecule has 0 amide bonds. The molecular weight excluding hydrogens is 303 g/mol. The second-order valence-electron chi connectivity index (χ2n) is 4.25. The number of aryl methyl sites for hydroxylation is 2. The van der Waals surface area contributed by atoms with Crippen LogP contribution < -0.4 is 0 Å². The van der Waals surface area contributed by atoms with Crippen LogP contribution in [-0.2, 0) is 6.54 Å². The van der Waals surface area contributed by atoms with Gasteiger partial charge in [0.2, 0.25) is 0 Å². The molecule has 0 fully saturated rings. The summed E-state index contributed by atoms with van der Waals surface area (Å²) in [6, 6.07) is 0. The highest BCUT2D eigenvalue weighted by atomic mass is 35.5. The molecule has 0 atom stereocenters. The van der Waals surface area contributed by atoms with Crippen LogP contribution in [0.2, 0.25) is 10.2 Å². The van der Waals surface area contributed by atoms with Crippen molar-refractivity contribution in [3.05, 3.63) is 38.8 Å². The van der Waals surface area contributed by atoms with E-state index in [4.69, 9.17) is 23.2 Å². The Morgan fingerprint density at radius 3 is 2.74 bits per heavy atom. The van der Waals surface area contributed by atoms with Crippen molar-refractivity contribution in [2.75, 3.05) is 0 Å². The number of aromatic nitrogens is 4. The summed E-state index contributed by atoms with van der Waals surface area (Å²) in [7, 11) is 0. The summed E-state index contributed by atoms with van der Waals surface area (Å²) in [6.45, 7) is 4.56. The molecule has 7 heteroatoms. The maximum atomic E-state index is 6.25. The van der Waals surface area contributed by atoms with Crippen molar-refractivity contribution in [1.29, 1.82) is 0 Å². The van der Waals surface area contributed by atoms with Gasteiger partial charge in [0.15, 0.2) is 5.82 Å². The molecule has 4 nitrogen and oxygen atoms in total. The zero-order chi connectivity index (χ0) is 13.6. The number of rotatable bonds is 2. The second kappa shape index (κ2) is 4.74. The number of nitrogens with zero attached hydrogens (tertiary/aromatic N) is 4. The van der Waals surface area contributed by atoms with Crippen molar-refractivity contribution >= 4 is 44.8 Å². The van der Waals surface area contributed by atoms with Gasteiger partial charge in [0.25, 0.3) is 0 Å². The second-order valence-corrected chi connectivity index (χ2v) is 6.25. The van der Waals surface area contributed by atoms with Gasteiger partial charge in [0.05, 0.1) is 16.6 Å². The molecule has 19 heavy (non-hydrogen) atoms. The number of thiophene rings is 1. The zero-order valence-corrected chi connectivity index (χ0v) is 12.6. The fraction of sp³-hybridized carbons (Fsp3) is 0.250. The van der Waals surface area contributed by atoms with Gasteiger partial charge in [-0.05, 0) is 19.4 Å². The number of halogens is 2. The van der Waals surface area contributed by atoms with Gasteiger partial charge in [-0.25, -0.2) is 9.97 Å². The van der Waals surface area contributed by atoms with E-state index in [9.17, 15) is 0 Å². The Morgan fingerprint density at radius 2 is 2.05 bits per heavy atom. The number of hydrogen-bond donors (Lipinski definition) is 0. The Hall–Kier alpha value is -1.17. The van der Waals surface area contributed by atoms with Crippen LogP contribution in [0, 0.1) is 13.8 Å². The molecule has 0 aliphatic heterocycles. The summed E-state index contributed by atoms with van der Waals surface area (Å²) in [5, 5.41) is 6.15. The Balaban J connectivity index is 2.06. The molecule has 0 unspecified atom stereocenters. The molecule has 3 aromatic rings. The summed E-state index contributed by atoms with van der Waals surface area (Å²) in [5.41, 5.74) is 1.15. The number of hydrogen-bond acceptors (Lipinski definition) is 4. The molecule has 3 rings (SSSR count). The van der Waals surface area contributed by atoms with E-state index < -0.39 is 0 Å². The summed E-state index contributed by atoms with van der Waals surface area (Å²) >= 11 is 13.7. The van der Waals surface area contributed by atoms with Gasteiger partial charge in [-0.15, -0.1) is 11.3 Å². The topological polar surface area (TPSA) is 43.6 Å². The lowest BCUT2D eigenvalue weighted by Crippen LogP contribution is -2.04. The van der Waals surface area contributed by atoms with Gasteiger partial charge >= 0.3 is 0 Å². The highest BCUT2D eigenvalue weighted by Gasteiger charge is 2.13. The van der Waals surface area contributed by atoms with Gasteiger partial charge in [0.1, 0.15) is 16.5 Å². The van der Waals surface area contributed by atoms with Crippen LogP contribution in [0.5, 0.6) is 0 Å². The van der Waals surface area contributed by atoms with Crippen LogP contribution in [0.3, 0.4) is 0 Å². The molecule has 98 valence electrons. The van der Waals surface area contributed by atoms with Crippen LogP contribution in [0.1, 0.15) is 16.3 Å². The monoisotopic (exact) mass is 312 g/mol. The first-order valence-electron chi connectivity index (χ1n) is 5.64. The van der Waals surface area contributed by atoms with Crippen molar-refractivity contribution in [2.24, 2.45) is 0 Å². The van der Waals surface area contributed by atoms with Crippen LogP contribution >= 0.6 is 34.5 Å². The van der Waals surface area contributed by atoms with Crippen LogP contribution in [0.25, 0.3) is 10.2 Å². The van der Waals surface area contributed by atoms with E-state index in [1.165, 1.54) is 4.88 Å². The molecule has 0 radical (unpaired) electrons. The fourth-order valence-corrected chi connectivity index (χ4v) is 3.47. The molecule has 3 heterocycles. The molecule has 0 aromatic carbocycles. The van der Waals surface area contributed by atoms with Crippen molar-refractivity contribution < 1.29 is 0 Å². The average Bonchev–Trinajstić information content (AvgIpc) is 2.85. The summed E-state index contributed by atoms with van der Waals surface area (Å²) < 4.78 is 1.69. The number of fused-ring (bicyclic) bond motifs is 1. The van der Waals surface area contributed by atoms with Crippen molar-refractivity contribution in [3.63, 3.8) is 0 Å². The molecule has 3 aromatic heterocycles. The third-order valence-electron chi connectivity index (χ3n) is 2.94. The predicted octanol–water partition coefficient (Wildman–Crippen LogP) is 3.86. The lowest BCUT2D eigenvalue weighted by atomic mass is 10.2. The van der Waals surface area contributed by atoms with E-state index >= 15 is 0 Å². The Labute approximate surface area is 124 Å². The van der Waals surface area contributed by atoms with Gasteiger partial charge in [-0.2, -0.15) is 5.10 Å².